The number of hydrogen-bond donors (Lipinski definition) is 2. The number of amides is 1. The molecule has 0 radical (unpaired) electrons. The van der Waals surface area contributed by atoms with Gasteiger partial charge in [-0.2, -0.15) is 0 Å². The van der Waals surface area contributed by atoms with Crippen LogP contribution in [-0.4, -0.2) is 5.91 Å². The molecule has 0 aliphatic rings. The number of aryl methyl sites for hydroxylation is 2. The Morgan fingerprint density at radius 1 is 1.14 bits per heavy atom. The van der Waals surface area contributed by atoms with E-state index in [1.165, 1.54) is 18.2 Å². The number of thiol groups is 1. The molecule has 0 aliphatic carbocycles. The molecule has 0 bridgehead atoms. The smallest absolute Gasteiger partial charge is 0.254 e. The average molecular weight is 307 g/mol. The molecule has 0 spiro atoms. The average Bonchev–Trinajstić information content (AvgIpc) is 2.44. The van der Waals surface area contributed by atoms with Crippen LogP contribution in [0.5, 0.6) is 0 Å². The number of carbonyl (C=O) groups excluding carboxylic acids is 1. The van der Waals surface area contributed by atoms with Gasteiger partial charge in [0, 0.05) is 11.4 Å². The van der Waals surface area contributed by atoms with E-state index in [1.54, 1.807) is 26.0 Å². The van der Waals surface area contributed by atoms with E-state index in [4.69, 9.17) is 0 Å². The fourth-order valence-electron chi connectivity index (χ4n) is 2.10. The summed E-state index contributed by atoms with van der Waals surface area (Å²) in [5, 5.41) is 2.62. The van der Waals surface area contributed by atoms with Gasteiger partial charge in [-0.05, 0) is 48.7 Å². The molecule has 2 aromatic carbocycles. The molecule has 0 atom stereocenters. The molecule has 0 saturated heterocycles. The van der Waals surface area contributed by atoms with Crippen molar-refractivity contribution in [2.45, 2.75) is 25.3 Å². The summed E-state index contributed by atoms with van der Waals surface area (Å²) >= 11 is 4.08. The highest BCUT2D eigenvalue weighted by atomic mass is 32.1. The lowest BCUT2D eigenvalue weighted by atomic mass is 10.1. The van der Waals surface area contributed by atoms with Crippen LogP contribution in [0.3, 0.4) is 0 Å². The van der Waals surface area contributed by atoms with E-state index in [2.05, 4.69) is 17.9 Å². The molecule has 110 valence electrons. The summed E-state index contributed by atoms with van der Waals surface area (Å²) in [7, 11) is 0. The Hall–Kier alpha value is -1.88. The van der Waals surface area contributed by atoms with Crippen LogP contribution in [0, 0.1) is 25.5 Å². The second kappa shape index (κ2) is 6.26. The molecule has 21 heavy (non-hydrogen) atoms. The maximum atomic E-state index is 13.6. The highest BCUT2D eigenvalue weighted by Crippen LogP contribution is 2.16. The first-order valence-corrected chi connectivity index (χ1v) is 6.85. The van der Waals surface area contributed by atoms with Crippen LogP contribution >= 0.6 is 12.6 Å². The minimum absolute atomic E-state index is 0.0574. The van der Waals surface area contributed by atoms with Crippen molar-refractivity contribution in [2.24, 2.45) is 0 Å². The van der Waals surface area contributed by atoms with Crippen molar-refractivity contribution in [2.75, 3.05) is 0 Å². The summed E-state index contributed by atoms with van der Waals surface area (Å²) in [6.45, 7) is 3.53. The molecule has 1 N–H and O–H groups in total. The van der Waals surface area contributed by atoms with Gasteiger partial charge in [0.1, 0.15) is 11.6 Å². The van der Waals surface area contributed by atoms with Gasteiger partial charge in [0.2, 0.25) is 0 Å². The second-order valence-electron chi connectivity index (χ2n) is 4.89. The van der Waals surface area contributed by atoms with Crippen molar-refractivity contribution in [1.29, 1.82) is 0 Å². The molecule has 0 heterocycles. The van der Waals surface area contributed by atoms with Crippen LogP contribution in [-0.2, 0) is 6.54 Å². The Bertz CT molecular complexity index is 678. The van der Waals surface area contributed by atoms with E-state index in [0.717, 1.165) is 5.56 Å². The van der Waals surface area contributed by atoms with Crippen molar-refractivity contribution in [1.82, 2.24) is 5.32 Å². The summed E-state index contributed by atoms with van der Waals surface area (Å²) in [6.07, 6.45) is 0. The van der Waals surface area contributed by atoms with Crippen molar-refractivity contribution < 1.29 is 13.6 Å². The third-order valence-electron chi connectivity index (χ3n) is 3.14. The third-order valence-corrected chi connectivity index (χ3v) is 3.42. The zero-order chi connectivity index (χ0) is 15.6. The number of benzene rings is 2. The molecule has 0 aliphatic heterocycles. The zero-order valence-corrected chi connectivity index (χ0v) is 12.6. The molecule has 5 heteroatoms. The van der Waals surface area contributed by atoms with Crippen molar-refractivity contribution in [3.63, 3.8) is 0 Å². The number of hydrogen-bond acceptors (Lipinski definition) is 2. The van der Waals surface area contributed by atoms with Gasteiger partial charge in [0.15, 0.2) is 0 Å². The Kier molecular flexibility index (Phi) is 4.63. The molecule has 0 aromatic heterocycles. The minimum atomic E-state index is -0.600. The Labute approximate surface area is 127 Å². The van der Waals surface area contributed by atoms with Crippen LogP contribution in [0.4, 0.5) is 8.78 Å². The first-order chi connectivity index (χ1) is 9.88. The summed E-state index contributed by atoms with van der Waals surface area (Å²) in [5.41, 5.74) is 1.74. The summed E-state index contributed by atoms with van der Waals surface area (Å²) in [6, 6.07) is 7.36. The van der Waals surface area contributed by atoms with E-state index in [0.29, 0.717) is 16.0 Å². The number of nitrogens with one attached hydrogen (secondary N) is 1. The first kappa shape index (κ1) is 15.5. The van der Waals surface area contributed by atoms with Crippen molar-refractivity contribution in [3.05, 3.63) is 64.2 Å². The third kappa shape index (κ3) is 3.61. The maximum absolute atomic E-state index is 13.6. The van der Waals surface area contributed by atoms with E-state index < -0.39 is 11.7 Å². The lowest BCUT2D eigenvalue weighted by molar-refractivity contribution is 0.0946. The van der Waals surface area contributed by atoms with Gasteiger partial charge in [-0.1, -0.05) is 12.1 Å². The largest absolute Gasteiger partial charge is 0.348 e. The maximum Gasteiger partial charge on any atom is 0.254 e. The van der Waals surface area contributed by atoms with Crippen LogP contribution in [0.2, 0.25) is 0 Å². The molecule has 2 rings (SSSR count). The standard InChI is InChI=1S/C16H15F2NOS/c1-9-5-11(6-10(2)15(9)18)8-19-16(20)13-7-12(21)3-4-14(13)17/h3-7,21H,8H2,1-2H3,(H,19,20). The topological polar surface area (TPSA) is 29.1 Å². The Morgan fingerprint density at radius 2 is 1.76 bits per heavy atom. The minimum Gasteiger partial charge on any atom is -0.348 e. The van der Waals surface area contributed by atoms with Gasteiger partial charge < -0.3 is 5.32 Å². The van der Waals surface area contributed by atoms with Gasteiger partial charge in [0.05, 0.1) is 5.56 Å². The molecule has 0 fully saturated rings. The molecule has 0 saturated carbocycles. The molecule has 1 amide bonds. The first-order valence-electron chi connectivity index (χ1n) is 6.41. The zero-order valence-electron chi connectivity index (χ0n) is 11.7. The number of rotatable bonds is 3. The van der Waals surface area contributed by atoms with Gasteiger partial charge >= 0.3 is 0 Å². The second-order valence-corrected chi connectivity index (χ2v) is 5.41. The normalized spacial score (nSPS) is 10.5. The van der Waals surface area contributed by atoms with Gasteiger partial charge in [0.25, 0.3) is 5.91 Å². The number of halogens is 2. The van der Waals surface area contributed by atoms with E-state index in [9.17, 15) is 13.6 Å². The lowest BCUT2D eigenvalue weighted by Crippen LogP contribution is -2.24. The molecule has 2 aromatic rings. The Balaban J connectivity index is 2.13. The SMILES string of the molecule is Cc1cc(CNC(=O)c2cc(S)ccc2F)cc(C)c1F. The number of carbonyl (C=O) groups is 1. The monoisotopic (exact) mass is 307 g/mol. The van der Waals surface area contributed by atoms with E-state index >= 15 is 0 Å². The molecular formula is C16H15F2NOS. The van der Waals surface area contributed by atoms with Crippen molar-refractivity contribution in [3.8, 4) is 0 Å². The fourth-order valence-corrected chi connectivity index (χ4v) is 2.31. The van der Waals surface area contributed by atoms with Crippen LogP contribution in [0.25, 0.3) is 0 Å². The molecule has 2 nitrogen and oxygen atoms in total. The fraction of sp³-hybridized carbons (Fsp3) is 0.188. The Morgan fingerprint density at radius 3 is 2.38 bits per heavy atom. The quantitative estimate of drug-likeness (QED) is 0.830. The van der Waals surface area contributed by atoms with Crippen molar-refractivity contribution >= 4 is 18.5 Å². The van der Waals surface area contributed by atoms with E-state index in [1.807, 2.05) is 0 Å². The van der Waals surface area contributed by atoms with Gasteiger partial charge in [-0.25, -0.2) is 8.78 Å². The predicted molar refractivity (Wildman–Crippen MR) is 80.7 cm³/mol. The molecular weight excluding hydrogens is 292 g/mol. The summed E-state index contributed by atoms with van der Waals surface area (Å²) in [5.74, 6) is -1.38. The van der Waals surface area contributed by atoms with Crippen LogP contribution in [0.15, 0.2) is 35.2 Å². The summed E-state index contributed by atoms with van der Waals surface area (Å²) < 4.78 is 27.1. The van der Waals surface area contributed by atoms with E-state index in [-0.39, 0.29) is 17.9 Å². The van der Waals surface area contributed by atoms with Gasteiger partial charge in [-0.15, -0.1) is 12.6 Å². The highest BCUT2D eigenvalue weighted by molar-refractivity contribution is 7.80. The van der Waals surface area contributed by atoms with Gasteiger partial charge in [-0.3, -0.25) is 4.79 Å². The predicted octanol–water partition coefficient (Wildman–Crippen LogP) is 3.80. The van der Waals surface area contributed by atoms with Crippen LogP contribution in [0.1, 0.15) is 27.0 Å². The highest BCUT2D eigenvalue weighted by Gasteiger charge is 2.12. The molecule has 0 unspecified atom stereocenters. The van der Waals surface area contributed by atoms with Crippen LogP contribution < -0.4 is 5.32 Å². The lowest BCUT2D eigenvalue weighted by Gasteiger charge is -2.09. The summed E-state index contributed by atoms with van der Waals surface area (Å²) in [4.78, 5) is 12.5.